The molecule has 3 rings (SSSR count). The van der Waals surface area contributed by atoms with E-state index in [-0.39, 0.29) is 30.1 Å². The van der Waals surface area contributed by atoms with Crippen molar-refractivity contribution >= 4 is 29.0 Å². The van der Waals surface area contributed by atoms with Gasteiger partial charge in [0, 0.05) is 17.8 Å². The lowest BCUT2D eigenvalue weighted by Crippen LogP contribution is -2.44. The van der Waals surface area contributed by atoms with Gasteiger partial charge in [-0.1, -0.05) is 30.3 Å². The molecule has 146 valence electrons. The van der Waals surface area contributed by atoms with Crippen molar-refractivity contribution in [1.82, 2.24) is 4.90 Å². The molecule has 28 heavy (non-hydrogen) atoms. The number of anilines is 2. The predicted octanol–water partition coefficient (Wildman–Crippen LogP) is 3.18. The molecule has 2 aromatic carbocycles. The van der Waals surface area contributed by atoms with Gasteiger partial charge in [0.15, 0.2) is 5.78 Å². The maximum Gasteiger partial charge on any atom is 0.238 e. The fourth-order valence-corrected chi connectivity index (χ4v) is 3.47. The summed E-state index contributed by atoms with van der Waals surface area (Å²) in [7, 11) is 0. The normalized spacial score (nSPS) is 17.0. The molecule has 0 aliphatic carbocycles. The van der Waals surface area contributed by atoms with Gasteiger partial charge in [-0.25, -0.2) is 0 Å². The molecule has 1 fully saturated rings. The highest BCUT2D eigenvalue weighted by Gasteiger charge is 2.27. The topological polar surface area (TPSA) is 78.5 Å². The van der Waals surface area contributed by atoms with Crippen molar-refractivity contribution in [3.05, 3.63) is 60.2 Å². The Hall–Kier alpha value is -2.99. The van der Waals surface area contributed by atoms with Gasteiger partial charge in [0.1, 0.15) is 0 Å². The van der Waals surface area contributed by atoms with Gasteiger partial charge in [0.05, 0.1) is 18.2 Å². The molecule has 0 aromatic heterocycles. The Morgan fingerprint density at radius 2 is 1.71 bits per heavy atom. The van der Waals surface area contributed by atoms with Crippen LogP contribution < -0.4 is 10.6 Å². The first-order valence-corrected chi connectivity index (χ1v) is 9.51. The summed E-state index contributed by atoms with van der Waals surface area (Å²) in [6, 6.07) is 16.4. The van der Waals surface area contributed by atoms with E-state index in [0.717, 1.165) is 25.1 Å². The number of nitrogens with one attached hydrogen (secondary N) is 2. The summed E-state index contributed by atoms with van der Waals surface area (Å²) in [6.07, 6.45) is 1.67. The number of likely N-dealkylation sites (tertiary alicyclic amines) is 1. The number of hydrogen-bond acceptors (Lipinski definition) is 4. The van der Waals surface area contributed by atoms with E-state index in [1.54, 1.807) is 24.3 Å². The lowest BCUT2D eigenvalue weighted by atomic mass is 9.97. The Balaban J connectivity index is 1.55. The number of ketones is 1. The molecular weight excluding hydrogens is 354 g/mol. The first-order valence-electron chi connectivity index (χ1n) is 9.51. The van der Waals surface area contributed by atoms with Crippen LogP contribution >= 0.6 is 0 Å². The van der Waals surface area contributed by atoms with Gasteiger partial charge in [-0.3, -0.25) is 19.3 Å². The van der Waals surface area contributed by atoms with Crippen molar-refractivity contribution in [2.75, 3.05) is 30.3 Å². The summed E-state index contributed by atoms with van der Waals surface area (Å²) in [5.74, 6) is -0.436. The molecular formula is C22H25N3O3. The number of hydrogen-bond donors (Lipinski definition) is 2. The lowest BCUT2D eigenvalue weighted by molar-refractivity contribution is -0.123. The second-order valence-corrected chi connectivity index (χ2v) is 7.08. The highest BCUT2D eigenvalue weighted by Crippen LogP contribution is 2.20. The number of piperidine rings is 1. The number of nitrogens with zero attached hydrogens (tertiary/aromatic N) is 1. The summed E-state index contributed by atoms with van der Waals surface area (Å²) in [5.41, 5.74) is 1.80. The van der Waals surface area contributed by atoms with Gasteiger partial charge in [0.2, 0.25) is 11.8 Å². The standard InChI is InChI=1S/C22H25N3O3/c1-16(26)19-11-5-6-12-20(19)24-21(27)15-25-13-7-8-17(14-25)22(28)23-18-9-3-2-4-10-18/h2-6,9-12,17H,7-8,13-15H2,1H3,(H,23,28)(H,24,27)/t17-/m0/s1. The number of carbonyl (C=O) groups is 3. The lowest BCUT2D eigenvalue weighted by Gasteiger charge is -2.31. The average molecular weight is 379 g/mol. The third-order valence-electron chi connectivity index (χ3n) is 4.87. The number of amides is 2. The van der Waals surface area contributed by atoms with Crippen LogP contribution in [0.3, 0.4) is 0 Å². The van der Waals surface area contributed by atoms with Crippen molar-refractivity contribution in [2.24, 2.45) is 5.92 Å². The number of Topliss-reactive ketones (excluding diaryl/α,β-unsaturated/α-hetero) is 1. The van der Waals surface area contributed by atoms with Crippen LogP contribution in [0.1, 0.15) is 30.1 Å². The van der Waals surface area contributed by atoms with Crippen LogP contribution in [0.4, 0.5) is 11.4 Å². The molecule has 0 bridgehead atoms. The van der Waals surface area contributed by atoms with Crippen LogP contribution in [0.5, 0.6) is 0 Å². The van der Waals surface area contributed by atoms with E-state index in [2.05, 4.69) is 10.6 Å². The van der Waals surface area contributed by atoms with Gasteiger partial charge in [-0.2, -0.15) is 0 Å². The number of rotatable bonds is 6. The van der Waals surface area contributed by atoms with Gasteiger partial charge in [0.25, 0.3) is 0 Å². The Labute approximate surface area is 164 Å². The minimum Gasteiger partial charge on any atom is -0.326 e. The highest BCUT2D eigenvalue weighted by molar-refractivity contribution is 6.04. The smallest absolute Gasteiger partial charge is 0.238 e. The molecule has 2 aromatic rings. The summed E-state index contributed by atoms with van der Waals surface area (Å²) in [6.45, 7) is 2.99. The molecule has 2 amide bonds. The van der Waals surface area contributed by atoms with Crippen LogP contribution in [0.15, 0.2) is 54.6 Å². The molecule has 0 radical (unpaired) electrons. The molecule has 1 aliphatic rings. The van der Waals surface area contributed by atoms with E-state index >= 15 is 0 Å². The molecule has 1 aliphatic heterocycles. The number of carbonyl (C=O) groups excluding carboxylic acids is 3. The Bertz CT molecular complexity index is 851. The fraction of sp³-hybridized carbons (Fsp3) is 0.318. The van der Waals surface area contributed by atoms with E-state index in [1.807, 2.05) is 35.2 Å². The van der Waals surface area contributed by atoms with Crippen LogP contribution in [0, 0.1) is 5.92 Å². The highest BCUT2D eigenvalue weighted by atomic mass is 16.2. The largest absolute Gasteiger partial charge is 0.326 e. The van der Waals surface area contributed by atoms with Gasteiger partial charge < -0.3 is 10.6 Å². The molecule has 0 saturated carbocycles. The van der Waals surface area contributed by atoms with Crippen LogP contribution in [0.2, 0.25) is 0 Å². The van der Waals surface area contributed by atoms with Crippen molar-refractivity contribution in [3.63, 3.8) is 0 Å². The summed E-state index contributed by atoms with van der Waals surface area (Å²) >= 11 is 0. The van der Waals surface area contributed by atoms with Gasteiger partial charge >= 0.3 is 0 Å². The monoisotopic (exact) mass is 379 g/mol. The van der Waals surface area contributed by atoms with E-state index in [0.29, 0.717) is 17.8 Å². The maximum atomic E-state index is 12.5. The summed E-state index contributed by atoms with van der Waals surface area (Å²) in [5, 5.41) is 5.76. The molecule has 1 atom stereocenters. The van der Waals surface area contributed by atoms with E-state index in [4.69, 9.17) is 0 Å². The van der Waals surface area contributed by atoms with Crippen LogP contribution in [-0.4, -0.2) is 42.1 Å². The maximum absolute atomic E-state index is 12.5. The molecule has 1 saturated heterocycles. The fourth-order valence-electron chi connectivity index (χ4n) is 3.47. The van der Waals surface area contributed by atoms with Crippen molar-refractivity contribution in [1.29, 1.82) is 0 Å². The Morgan fingerprint density at radius 3 is 2.46 bits per heavy atom. The minimum absolute atomic E-state index is 0.0155. The Morgan fingerprint density at radius 1 is 1.00 bits per heavy atom. The summed E-state index contributed by atoms with van der Waals surface area (Å²) < 4.78 is 0. The van der Waals surface area contributed by atoms with E-state index in [9.17, 15) is 14.4 Å². The molecule has 0 spiro atoms. The third-order valence-corrected chi connectivity index (χ3v) is 4.87. The molecule has 1 heterocycles. The molecule has 6 nitrogen and oxygen atoms in total. The van der Waals surface area contributed by atoms with Crippen molar-refractivity contribution in [3.8, 4) is 0 Å². The molecule has 2 N–H and O–H groups in total. The zero-order valence-corrected chi connectivity index (χ0v) is 16.0. The zero-order valence-electron chi connectivity index (χ0n) is 16.0. The average Bonchev–Trinajstić information content (AvgIpc) is 2.69. The second-order valence-electron chi connectivity index (χ2n) is 7.08. The molecule has 0 unspecified atom stereocenters. The van der Waals surface area contributed by atoms with E-state index < -0.39 is 0 Å². The van der Waals surface area contributed by atoms with Crippen LogP contribution in [-0.2, 0) is 9.59 Å². The first kappa shape index (κ1) is 19.8. The number of para-hydroxylation sites is 2. The second kappa shape index (κ2) is 9.28. The third kappa shape index (κ3) is 5.27. The quantitative estimate of drug-likeness (QED) is 0.756. The SMILES string of the molecule is CC(=O)c1ccccc1NC(=O)CN1CCC[C@H](C(=O)Nc2ccccc2)C1. The minimum atomic E-state index is -0.183. The Kier molecular flexibility index (Phi) is 6.55. The van der Waals surface area contributed by atoms with Crippen molar-refractivity contribution in [2.45, 2.75) is 19.8 Å². The first-order chi connectivity index (χ1) is 13.5. The van der Waals surface area contributed by atoms with Gasteiger partial charge in [-0.15, -0.1) is 0 Å². The van der Waals surface area contributed by atoms with E-state index in [1.165, 1.54) is 6.92 Å². The molecule has 6 heteroatoms. The number of benzene rings is 2. The van der Waals surface area contributed by atoms with Crippen molar-refractivity contribution < 1.29 is 14.4 Å². The zero-order chi connectivity index (χ0) is 19.9. The van der Waals surface area contributed by atoms with Crippen LogP contribution in [0.25, 0.3) is 0 Å². The predicted molar refractivity (Wildman–Crippen MR) is 109 cm³/mol. The summed E-state index contributed by atoms with van der Waals surface area (Å²) in [4.78, 5) is 38.7. The van der Waals surface area contributed by atoms with Gasteiger partial charge in [-0.05, 0) is 50.6 Å².